The Bertz CT molecular complexity index is 999. The summed E-state index contributed by atoms with van der Waals surface area (Å²) in [7, 11) is 1.43. The van der Waals surface area contributed by atoms with Gasteiger partial charge < -0.3 is 26.2 Å². The van der Waals surface area contributed by atoms with Gasteiger partial charge in [0.15, 0.2) is 6.10 Å². The van der Waals surface area contributed by atoms with Crippen molar-refractivity contribution >= 4 is 11.8 Å². The van der Waals surface area contributed by atoms with Gasteiger partial charge in [-0.2, -0.15) is 13.2 Å². The molecule has 11 heteroatoms. The topological polar surface area (TPSA) is 114 Å². The summed E-state index contributed by atoms with van der Waals surface area (Å²) < 4.78 is 57.9. The third-order valence-corrected chi connectivity index (χ3v) is 5.38. The summed E-state index contributed by atoms with van der Waals surface area (Å²) in [6, 6.07) is 7.18. The largest absolute Gasteiger partial charge is 0.497 e. The van der Waals surface area contributed by atoms with Crippen LogP contribution >= 0.6 is 0 Å². The highest BCUT2D eigenvalue weighted by atomic mass is 19.4. The first kappa shape index (κ1) is 28.1. The first-order valence-corrected chi connectivity index (χ1v) is 10.8. The summed E-state index contributed by atoms with van der Waals surface area (Å²) in [5, 5.41) is 14.4. The number of nitrogens with two attached hydrogens (primary N) is 1. The Hall–Kier alpha value is -3.18. The van der Waals surface area contributed by atoms with Crippen LogP contribution in [0.25, 0.3) is 0 Å². The molecule has 0 radical (unpaired) electrons. The van der Waals surface area contributed by atoms with Crippen LogP contribution in [0, 0.1) is 11.7 Å². The second-order valence-electron chi connectivity index (χ2n) is 8.42. The number of nitrogens with one attached hydrogen (secondary N) is 2. The molecule has 0 aliphatic rings. The number of alkyl halides is 3. The number of methoxy groups -OCH3 is 1. The molecule has 4 atom stereocenters. The van der Waals surface area contributed by atoms with Gasteiger partial charge in [-0.3, -0.25) is 9.59 Å². The van der Waals surface area contributed by atoms with E-state index in [4.69, 9.17) is 10.5 Å². The predicted octanol–water partition coefficient (Wildman–Crippen LogP) is 2.63. The lowest BCUT2D eigenvalue weighted by molar-refractivity contribution is -0.215. The van der Waals surface area contributed by atoms with E-state index in [1.54, 1.807) is 6.07 Å². The van der Waals surface area contributed by atoms with E-state index in [0.717, 1.165) is 0 Å². The lowest BCUT2D eigenvalue weighted by Gasteiger charge is -2.31. The number of halogens is 4. The monoisotopic (exact) mass is 499 g/mol. The van der Waals surface area contributed by atoms with Crippen LogP contribution in [-0.2, 0) is 16.0 Å². The maximum atomic E-state index is 13.4. The highest BCUT2D eigenvalue weighted by Gasteiger charge is 2.45. The smallest absolute Gasteiger partial charge is 0.416 e. The summed E-state index contributed by atoms with van der Waals surface area (Å²) in [6.07, 6.45) is -7.81. The SMILES string of the molecule is COc1ccc([C@H](NC(=O)C(N)Cc2cccc(F)c2)C(=O)N[C@@H](C(C)C)[C@H](O)C(F)(F)F)cc1. The standard InChI is InChI=1S/C24H29F4N3O4/c1-13(2)19(21(32)24(26,27)28)30-23(34)20(15-7-9-17(35-3)10-8-15)31-22(33)18(29)12-14-5-4-6-16(25)11-14/h4-11,13,18-21,32H,12,29H2,1-3H3,(H,30,34)(H,31,33)/t18?,19-,20-,21-/m0/s1. The molecule has 0 aromatic heterocycles. The lowest BCUT2D eigenvalue weighted by Crippen LogP contribution is -2.56. The maximum absolute atomic E-state index is 13.4. The van der Waals surface area contributed by atoms with Gasteiger partial charge in [-0.15, -0.1) is 0 Å². The van der Waals surface area contributed by atoms with E-state index >= 15 is 0 Å². The molecule has 2 rings (SSSR count). The molecule has 1 unspecified atom stereocenters. The summed E-state index contributed by atoms with van der Waals surface area (Å²) in [5.74, 6) is -2.58. The Morgan fingerprint density at radius 2 is 1.69 bits per heavy atom. The minimum absolute atomic E-state index is 0.0397. The van der Waals surface area contributed by atoms with Gasteiger partial charge >= 0.3 is 6.18 Å². The molecular weight excluding hydrogens is 470 g/mol. The van der Waals surface area contributed by atoms with Gasteiger partial charge in [-0.05, 0) is 47.7 Å². The van der Waals surface area contributed by atoms with E-state index in [1.165, 1.54) is 63.4 Å². The highest BCUT2D eigenvalue weighted by Crippen LogP contribution is 2.26. The molecule has 0 aliphatic carbocycles. The van der Waals surface area contributed by atoms with E-state index in [1.807, 2.05) is 0 Å². The molecule has 0 fully saturated rings. The molecule has 5 N–H and O–H groups in total. The van der Waals surface area contributed by atoms with Crippen LogP contribution in [0.5, 0.6) is 5.75 Å². The van der Waals surface area contributed by atoms with Crippen molar-refractivity contribution < 1.29 is 37.0 Å². The molecule has 7 nitrogen and oxygen atoms in total. The van der Waals surface area contributed by atoms with Gasteiger partial charge in [0.2, 0.25) is 11.8 Å². The molecule has 0 spiro atoms. The van der Waals surface area contributed by atoms with Crippen molar-refractivity contribution in [2.45, 2.75) is 50.7 Å². The van der Waals surface area contributed by atoms with Crippen LogP contribution in [0.1, 0.15) is 31.0 Å². The van der Waals surface area contributed by atoms with Crippen molar-refractivity contribution in [2.75, 3.05) is 7.11 Å². The van der Waals surface area contributed by atoms with Gasteiger partial charge in [-0.1, -0.05) is 38.1 Å². The zero-order chi connectivity index (χ0) is 26.3. The number of aliphatic hydroxyl groups excluding tert-OH is 1. The average Bonchev–Trinajstić information content (AvgIpc) is 2.79. The van der Waals surface area contributed by atoms with Gasteiger partial charge in [0.25, 0.3) is 0 Å². The normalized spacial score (nSPS) is 15.1. The molecule has 2 aromatic carbocycles. The number of carbonyl (C=O) groups excluding carboxylic acids is 2. The van der Waals surface area contributed by atoms with Crippen molar-refractivity contribution in [1.82, 2.24) is 10.6 Å². The Labute approximate surface area is 200 Å². The highest BCUT2D eigenvalue weighted by molar-refractivity contribution is 5.90. The molecule has 0 bridgehead atoms. The average molecular weight is 500 g/mol. The molecular formula is C24H29F4N3O4. The maximum Gasteiger partial charge on any atom is 0.416 e. The molecule has 35 heavy (non-hydrogen) atoms. The van der Waals surface area contributed by atoms with Crippen molar-refractivity contribution in [3.8, 4) is 5.75 Å². The van der Waals surface area contributed by atoms with Crippen LogP contribution in [0.3, 0.4) is 0 Å². The minimum Gasteiger partial charge on any atom is -0.497 e. The molecule has 2 amide bonds. The quantitative estimate of drug-likeness (QED) is 0.376. The molecule has 0 saturated carbocycles. The van der Waals surface area contributed by atoms with Crippen LogP contribution in [0.4, 0.5) is 17.6 Å². The van der Waals surface area contributed by atoms with Crippen LogP contribution < -0.4 is 21.1 Å². The van der Waals surface area contributed by atoms with Crippen LogP contribution in [0.15, 0.2) is 48.5 Å². The number of hydrogen-bond acceptors (Lipinski definition) is 5. The summed E-state index contributed by atoms with van der Waals surface area (Å²) in [6.45, 7) is 2.82. The number of carbonyl (C=O) groups is 2. The zero-order valence-electron chi connectivity index (χ0n) is 19.5. The van der Waals surface area contributed by atoms with E-state index in [0.29, 0.717) is 11.3 Å². The predicted molar refractivity (Wildman–Crippen MR) is 121 cm³/mol. The molecule has 0 aliphatic heterocycles. The summed E-state index contributed by atoms with van der Waals surface area (Å²) in [5.41, 5.74) is 6.65. The Morgan fingerprint density at radius 3 is 2.20 bits per heavy atom. The second kappa shape index (κ2) is 12.0. The van der Waals surface area contributed by atoms with Crippen LogP contribution in [0.2, 0.25) is 0 Å². The van der Waals surface area contributed by atoms with Crippen molar-refractivity contribution in [1.29, 1.82) is 0 Å². The Balaban J connectivity index is 2.28. The third-order valence-electron chi connectivity index (χ3n) is 5.38. The number of ether oxygens (including phenoxy) is 1. The molecule has 192 valence electrons. The van der Waals surface area contributed by atoms with Crippen molar-refractivity contribution in [3.05, 3.63) is 65.5 Å². The van der Waals surface area contributed by atoms with Crippen LogP contribution in [-0.4, -0.2) is 48.4 Å². The number of aliphatic hydroxyl groups is 1. The third kappa shape index (κ3) is 7.93. The Morgan fingerprint density at radius 1 is 1.06 bits per heavy atom. The number of hydrogen-bond donors (Lipinski definition) is 4. The molecule has 0 saturated heterocycles. The molecule has 0 heterocycles. The fourth-order valence-corrected chi connectivity index (χ4v) is 3.42. The fourth-order valence-electron chi connectivity index (χ4n) is 3.42. The first-order valence-electron chi connectivity index (χ1n) is 10.8. The Kier molecular flexibility index (Phi) is 9.61. The van der Waals surface area contributed by atoms with Gasteiger partial charge in [-0.25, -0.2) is 4.39 Å². The van der Waals surface area contributed by atoms with E-state index in [2.05, 4.69) is 10.6 Å². The number of rotatable bonds is 10. The van der Waals surface area contributed by atoms with Crippen molar-refractivity contribution in [2.24, 2.45) is 11.7 Å². The van der Waals surface area contributed by atoms with E-state index in [-0.39, 0.29) is 12.0 Å². The lowest BCUT2D eigenvalue weighted by atomic mass is 9.96. The fraction of sp³-hybridized carbons (Fsp3) is 0.417. The second-order valence-corrected chi connectivity index (χ2v) is 8.42. The summed E-state index contributed by atoms with van der Waals surface area (Å²) in [4.78, 5) is 25.9. The minimum atomic E-state index is -4.96. The van der Waals surface area contributed by atoms with Gasteiger partial charge in [0.05, 0.1) is 19.2 Å². The summed E-state index contributed by atoms with van der Waals surface area (Å²) >= 11 is 0. The number of benzene rings is 2. The first-order chi connectivity index (χ1) is 16.3. The van der Waals surface area contributed by atoms with Gasteiger partial charge in [0, 0.05) is 0 Å². The van der Waals surface area contributed by atoms with E-state index < -0.39 is 54.0 Å². The van der Waals surface area contributed by atoms with Crippen molar-refractivity contribution in [3.63, 3.8) is 0 Å². The number of amides is 2. The van der Waals surface area contributed by atoms with E-state index in [9.17, 15) is 32.3 Å². The molecule has 2 aromatic rings. The van der Waals surface area contributed by atoms with Gasteiger partial charge in [0.1, 0.15) is 17.6 Å². The zero-order valence-corrected chi connectivity index (χ0v) is 19.5.